The first-order chi connectivity index (χ1) is 14.2. The maximum absolute atomic E-state index is 13.8. The first-order valence-corrected chi connectivity index (χ1v) is 10.2. The smallest absolute Gasteiger partial charge is 0.314 e. The van der Waals surface area contributed by atoms with Crippen molar-refractivity contribution in [3.05, 3.63) is 58.5 Å². The Bertz CT molecular complexity index is 1100. The number of carboxylic acids is 1. The molecule has 1 fully saturated rings. The minimum atomic E-state index is -1.75. The van der Waals surface area contributed by atoms with Crippen molar-refractivity contribution in [2.24, 2.45) is 0 Å². The van der Waals surface area contributed by atoms with Gasteiger partial charge in [0.2, 0.25) is 0 Å². The van der Waals surface area contributed by atoms with Gasteiger partial charge in [0, 0.05) is 25.0 Å². The van der Waals surface area contributed by atoms with E-state index in [1.807, 2.05) is 39.0 Å². The van der Waals surface area contributed by atoms with Crippen molar-refractivity contribution in [2.75, 3.05) is 0 Å². The molecule has 3 aromatic rings. The van der Waals surface area contributed by atoms with E-state index < -0.39 is 23.7 Å². The Morgan fingerprint density at radius 3 is 2.37 bits per heavy atom. The molecule has 0 spiro atoms. The Kier molecular flexibility index (Phi) is 5.08. The number of aliphatic carboxylic acids is 1. The summed E-state index contributed by atoms with van der Waals surface area (Å²) in [5.41, 5.74) is 3.58. The van der Waals surface area contributed by atoms with Gasteiger partial charge in [-0.1, -0.05) is 31.2 Å². The predicted octanol–water partition coefficient (Wildman–Crippen LogP) is 4.45. The average molecular weight is 413 g/mol. The van der Waals surface area contributed by atoms with Gasteiger partial charge in [0.1, 0.15) is 23.7 Å². The molecule has 2 aromatic heterocycles. The number of aromatic nitrogens is 3. The molecule has 2 heterocycles. The second-order valence-electron chi connectivity index (χ2n) is 8.24. The Labute approximate surface area is 173 Å². The second-order valence-corrected chi connectivity index (χ2v) is 8.24. The summed E-state index contributed by atoms with van der Waals surface area (Å²) in [7, 11) is 0. The number of carbonyl (C=O) groups is 1. The molecular formula is C23H25F2N3O2. The van der Waals surface area contributed by atoms with Crippen LogP contribution in [0.15, 0.2) is 30.3 Å². The third-order valence-corrected chi connectivity index (χ3v) is 6.15. The number of imidazole rings is 1. The molecule has 0 bridgehead atoms. The lowest BCUT2D eigenvalue weighted by atomic mass is 9.78. The number of hydrogen-bond donors (Lipinski definition) is 1. The summed E-state index contributed by atoms with van der Waals surface area (Å²) in [4.78, 5) is 21.3. The highest BCUT2D eigenvalue weighted by Crippen LogP contribution is 2.44. The SMILES string of the molecule is CCc1nc2c(C)cc(C)nc2n1Cc1ccc(C2(C(=O)O)CC(F)C(F)C2)cc1. The Hall–Kier alpha value is -2.83. The predicted molar refractivity (Wildman–Crippen MR) is 110 cm³/mol. The van der Waals surface area contributed by atoms with Gasteiger partial charge in [0.15, 0.2) is 5.65 Å². The van der Waals surface area contributed by atoms with E-state index in [0.717, 1.165) is 40.2 Å². The van der Waals surface area contributed by atoms with Crippen molar-refractivity contribution in [1.29, 1.82) is 0 Å². The van der Waals surface area contributed by atoms with E-state index in [9.17, 15) is 18.7 Å². The number of benzene rings is 1. The lowest BCUT2D eigenvalue weighted by Crippen LogP contribution is -2.33. The highest BCUT2D eigenvalue weighted by Gasteiger charge is 2.52. The molecule has 158 valence electrons. The van der Waals surface area contributed by atoms with Crippen LogP contribution < -0.4 is 0 Å². The van der Waals surface area contributed by atoms with Gasteiger partial charge in [-0.2, -0.15) is 0 Å². The molecule has 0 aliphatic heterocycles. The van der Waals surface area contributed by atoms with Gasteiger partial charge in [-0.3, -0.25) is 4.79 Å². The lowest BCUT2D eigenvalue weighted by molar-refractivity contribution is -0.144. The van der Waals surface area contributed by atoms with E-state index in [2.05, 4.69) is 9.55 Å². The summed E-state index contributed by atoms with van der Waals surface area (Å²) in [5, 5.41) is 9.71. The fourth-order valence-electron chi connectivity index (χ4n) is 4.53. The van der Waals surface area contributed by atoms with Crippen LogP contribution in [-0.4, -0.2) is 38.0 Å². The zero-order chi connectivity index (χ0) is 21.6. The first-order valence-electron chi connectivity index (χ1n) is 10.2. The Balaban J connectivity index is 1.69. The van der Waals surface area contributed by atoms with Gasteiger partial charge in [-0.15, -0.1) is 0 Å². The van der Waals surface area contributed by atoms with Crippen molar-refractivity contribution in [2.45, 2.75) is 64.3 Å². The van der Waals surface area contributed by atoms with E-state index in [-0.39, 0.29) is 12.8 Å². The molecule has 30 heavy (non-hydrogen) atoms. The molecule has 5 nitrogen and oxygen atoms in total. The Morgan fingerprint density at radius 2 is 1.80 bits per heavy atom. The Morgan fingerprint density at radius 1 is 1.17 bits per heavy atom. The number of hydrogen-bond acceptors (Lipinski definition) is 3. The number of alkyl halides is 2. The number of carboxylic acid groups (broad SMARTS) is 1. The van der Waals surface area contributed by atoms with E-state index in [0.29, 0.717) is 12.1 Å². The standard InChI is InChI=1S/C23H25F2N3O2/c1-4-19-27-20-13(2)9-14(3)26-21(20)28(19)12-15-5-7-16(8-6-15)23(22(29)30)10-17(24)18(25)11-23/h5-9,17-18H,4,10-12H2,1-3H3,(H,29,30). The van der Waals surface area contributed by atoms with Crippen molar-refractivity contribution >= 4 is 17.1 Å². The molecule has 4 rings (SSSR count). The second kappa shape index (κ2) is 7.45. The third-order valence-electron chi connectivity index (χ3n) is 6.15. The van der Waals surface area contributed by atoms with E-state index in [1.165, 1.54) is 0 Å². The third kappa shape index (κ3) is 3.26. The molecule has 1 aromatic carbocycles. The van der Waals surface area contributed by atoms with Crippen molar-refractivity contribution in [1.82, 2.24) is 14.5 Å². The van der Waals surface area contributed by atoms with Gasteiger partial charge in [0.05, 0.1) is 12.0 Å². The van der Waals surface area contributed by atoms with Crippen LogP contribution in [0.4, 0.5) is 8.78 Å². The molecule has 1 saturated carbocycles. The maximum atomic E-state index is 13.8. The molecule has 0 radical (unpaired) electrons. The van der Waals surface area contributed by atoms with Gasteiger partial charge in [-0.25, -0.2) is 18.7 Å². The van der Waals surface area contributed by atoms with Crippen molar-refractivity contribution in [3.8, 4) is 0 Å². The van der Waals surface area contributed by atoms with Crippen molar-refractivity contribution in [3.63, 3.8) is 0 Å². The maximum Gasteiger partial charge on any atom is 0.314 e. The summed E-state index contributed by atoms with van der Waals surface area (Å²) in [6.07, 6.45) is -3.41. The molecule has 0 amide bonds. The number of fused-ring (bicyclic) bond motifs is 1. The summed E-state index contributed by atoms with van der Waals surface area (Å²) in [5.74, 6) is -0.254. The summed E-state index contributed by atoms with van der Waals surface area (Å²) < 4.78 is 29.7. The summed E-state index contributed by atoms with van der Waals surface area (Å²) in [6, 6.07) is 9.03. The summed E-state index contributed by atoms with van der Waals surface area (Å²) >= 11 is 0. The lowest BCUT2D eigenvalue weighted by Gasteiger charge is -2.24. The minimum absolute atomic E-state index is 0.336. The molecule has 0 saturated heterocycles. The molecule has 1 N–H and O–H groups in total. The molecular weight excluding hydrogens is 388 g/mol. The van der Waals surface area contributed by atoms with Crippen LogP contribution in [0.25, 0.3) is 11.2 Å². The zero-order valence-corrected chi connectivity index (χ0v) is 17.3. The highest BCUT2D eigenvalue weighted by atomic mass is 19.2. The van der Waals surface area contributed by atoms with Crippen LogP contribution in [0.1, 0.15) is 48.0 Å². The molecule has 1 aliphatic carbocycles. The van der Waals surface area contributed by atoms with Crippen LogP contribution in [0.2, 0.25) is 0 Å². The quantitative estimate of drug-likeness (QED) is 0.671. The largest absolute Gasteiger partial charge is 0.481 e. The van der Waals surface area contributed by atoms with Gasteiger partial charge < -0.3 is 9.67 Å². The highest BCUT2D eigenvalue weighted by molar-refractivity contribution is 5.82. The van der Waals surface area contributed by atoms with Crippen LogP contribution in [0.3, 0.4) is 0 Å². The van der Waals surface area contributed by atoms with Crippen LogP contribution >= 0.6 is 0 Å². The average Bonchev–Trinajstić information content (AvgIpc) is 3.21. The number of nitrogens with zero attached hydrogens (tertiary/aromatic N) is 3. The van der Waals surface area contributed by atoms with Crippen LogP contribution in [0.5, 0.6) is 0 Å². The molecule has 2 atom stereocenters. The number of pyridine rings is 1. The summed E-state index contributed by atoms with van der Waals surface area (Å²) in [6.45, 7) is 6.55. The van der Waals surface area contributed by atoms with Crippen LogP contribution in [-0.2, 0) is 23.2 Å². The van der Waals surface area contributed by atoms with E-state index in [4.69, 9.17) is 4.98 Å². The fraction of sp³-hybridized carbons (Fsp3) is 0.435. The van der Waals surface area contributed by atoms with E-state index in [1.54, 1.807) is 12.1 Å². The normalized spacial score (nSPS) is 23.9. The topological polar surface area (TPSA) is 68.0 Å². The first kappa shape index (κ1) is 20.4. The monoisotopic (exact) mass is 413 g/mol. The van der Waals surface area contributed by atoms with Crippen molar-refractivity contribution < 1.29 is 18.7 Å². The number of aryl methyl sites for hydroxylation is 3. The minimum Gasteiger partial charge on any atom is -0.481 e. The molecule has 2 unspecified atom stereocenters. The van der Waals surface area contributed by atoms with Gasteiger partial charge >= 0.3 is 5.97 Å². The number of halogens is 2. The van der Waals surface area contributed by atoms with E-state index >= 15 is 0 Å². The zero-order valence-electron chi connectivity index (χ0n) is 17.3. The van der Waals surface area contributed by atoms with Gasteiger partial charge in [-0.05, 0) is 36.6 Å². The van der Waals surface area contributed by atoms with Gasteiger partial charge in [0.25, 0.3) is 0 Å². The molecule has 7 heteroatoms. The molecule has 1 aliphatic rings. The van der Waals surface area contributed by atoms with Crippen LogP contribution in [0, 0.1) is 13.8 Å². The fourth-order valence-corrected chi connectivity index (χ4v) is 4.53. The number of rotatable bonds is 5.